The number of carbonyl (C=O) groups is 1. The Balaban J connectivity index is 1.98. The summed E-state index contributed by atoms with van der Waals surface area (Å²) < 4.78 is 1.73. The number of hydrogen-bond acceptors (Lipinski definition) is 5. The molecule has 0 aliphatic carbocycles. The fraction of sp³-hybridized carbons (Fsp3) is 0.0769. The third-order valence-electron chi connectivity index (χ3n) is 2.70. The molecule has 3 aromatic rings. The van der Waals surface area contributed by atoms with Crippen molar-refractivity contribution >= 4 is 28.6 Å². The van der Waals surface area contributed by atoms with Crippen LogP contribution >= 0.6 is 11.8 Å². The molecule has 1 aromatic carbocycles. The lowest BCUT2D eigenvalue weighted by Crippen LogP contribution is -2.01. The molecule has 0 fully saturated rings. The predicted octanol–water partition coefficient (Wildman–Crippen LogP) is 1.99. The number of fused-ring (bicyclic) bond motifs is 1. The number of carboxylic acids is 1. The monoisotopic (exact) mass is 286 g/mol. The van der Waals surface area contributed by atoms with Crippen molar-refractivity contribution in [2.24, 2.45) is 0 Å². The minimum atomic E-state index is -0.888. The molecule has 2 heterocycles. The van der Waals surface area contributed by atoms with Gasteiger partial charge in [-0.1, -0.05) is 30.0 Å². The zero-order chi connectivity index (χ0) is 13.9. The van der Waals surface area contributed by atoms with Gasteiger partial charge in [-0.25, -0.2) is 0 Å². The number of para-hydroxylation sites is 1. The second-order valence-corrected chi connectivity index (χ2v) is 4.99. The second-order valence-electron chi connectivity index (χ2n) is 4.05. The Kier molecular flexibility index (Phi) is 3.34. The smallest absolute Gasteiger partial charge is 0.313 e. The quantitative estimate of drug-likeness (QED) is 0.739. The number of carboxylic acid groups (broad SMARTS) is 1. The Morgan fingerprint density at radius 1 is 1.35 bits per heavy atom. The third kappa shape index (κ3) is 2.48. The Labute approximate surface area is 118 Å². The summed E-state index contributed by atoms with van der Waals surface area (Å²) in [6.45, 7) is 0. The van der Waals surface area contributed by atoms with E-state index >= 15 is 0 Å². The van der Waals surface area contributed by atoms with E-state index in [0.29, 0.717) is 5.16 Å². The van der Waals surface area contributed by atoms with Crippen LogP contribution in [0.5, 0.6) is 0 Å². The summed E-state index contributed by atoms with van der Waals surface area (Å²) in [6, 6.07) is 9.75. The van der Waals surface area contributed by atoms with Gasteiger partial charge in [-0.2, -0.15) is 0 Å². The van der Waals surface area contributed by atoms with Crippen molar-refractivity contribution in [2.45, 2.75) is 5.16 Å². The van der Waals surface area contributed by atoms with E-state index in [-0.39, 0.29) is 5.75 Å². The molecule has 0 atom stereocenters. The predicted molar refractivity (Wildman–Crippen MR) is 75.0 cm³/mol. The van der Waals surface area contributed by atoms with Gasteiger partial charge in [0.1, 0.15) is 6.33 Å². The summed E-state index contributed by atoms with van der Waals surface area (Å²) >= 11 is 1.12. The van der Waals surface area contributed by atoms with Crippen LogP contribution in [0.2, 0.25) is 0 Å². The van der Waals surface area contributed by atoms with Crippen molar-refractivity contribution in [3.05, 3.63) is 42.9 Å². The summed E-state index contributed by atoms with van der Waals surface area (Å²) in [5.41, 5.74) is 1.71. The lowest BCUT2D eigenvalue weighted by molar-refractivity contribution is -0.133. The third-order valence-corrected chi connectivity index (χ3v) is 3.62. The van der Waals surface area contributed by atoms with Gasteiger partial charge in [0.05, 0.1) is 23.2 Å². The second kappa shape index (κ2) is 5.30. The maximum Gasteiger partial charge on any atom is 0.313 e. The van der Waals surface area contributed by atoms with Gasteiger partial charge in [-0.05, 0) is 12.1 Å². The molecular weight excluding hydrogens is 276 g/mol. The highest BCUT2D eigenvalue weighted by Crippen LogP contribution is 2.21. The standard InChI is InChI=1S/C13H10N4O2S/c18-12(19)7-20-13-16-15-8-17(13)10-5-9-3-1-2-4-11(9)14-6-10/h1-6,8H,7H2,(H,18,19). The number of benzene rings is 1. The molecule has 1 N–H and O–H groups in total. The van der Waals surface area contributed by atoms with Crippen LogP contribution in [0, 0.1) is 0 Å². The van der Waals surface area contributed by atoms with E-state index in [2.05, 4.69) is 15.2 Å². The molecule has 0 bridgehead atoms. The Morgan fingerprint density at radius 3 is 3.05 bits per heavy atom. The number of pyridine rings is 1. The van der Waals surface area contributed by atoms with Crippen LogP contribution in [-0.4, -0.2) is 36.6 Å². The fourth-order valence-electron chi connectivity index (χ4n) is 1.82. The minimum absolute atomic E-state index is 0.0559. The molecule has 0 radical (unpaired) electrons. The molecule has 0 amide bonds. The first-order valence-corrected chi connectivity index (χ1v) is 6.82. The van der Waals surface area contributed by atoms with Crippen LogP contribution in [0.4, 0.5) is 0 Å². The fourth-order valence-corrected chi connectivity index (χ4v) is 2.47. The van der Waals surface area contributed by atoms with Crippen LogP contribution < -0.4 is 0 Å². The van der Waals surface area contributed by atoms with Crippen molar-refractivity contribution < 1.29 is 9.90 Å². The molecule has 6 nitrogen and oxygen atoms in total. The van der Waals surface area contributed by atoms with Gasteiger partial charge in [-0.3, -0.25) is 14.3 Å². The molecule has 0 saturated heterocycles. The topological polar surface area (TPSA) is 80.9 Å². The SMILES string of the molecule is O=C(O)CSc1nncn1-c1cnc2ccccc2c1. The summed E-state index contributed by atoms with van der Waals surface area (Å²) in [5.74, 6) is -0.944. The summed E-state index contributed by atoms with van der Waals surface area (Å²) in [6.07, 6.45) is 3.27. The zero-order valence-corrected chi connectivity index (χ0v) is 11.1. The summed E-state index contributed by atoms with van der Waals surface area (Å²) in [4.78, 5) is 15.0. The average Bonchev–Trinajstić information content (AvgIpc) is 2.93. The molecule has 7 heteroatoms. The highest BCUT2D eigenvalue weighted by atomic mass is 32.2. The highest BCUT2D eigenvalue weighted by Gasteiger charge is 2.10. The Hall–Kier alpha value is -2.41. The summed E-state index contributed by atoms with van der Waals surface area (Å²) in [5, 5.41) is 18.0. The van der Waals surface area contributed by atoms with Crippen molar-refractivity contribution in [3.63, 3.8) is 0 Å². The van der Waals surface area contributed by atoms with E-state index < -0.39 is 5.97 Å². The van der Waals surface area contributed by atoms with Gasteiger partial charge in [0.15, 0.2) is 5.16 Å². The first-order valence-electron chi connectivity index (χ1n) is 5.84. The molecule has 0 unspecified atom stereocenters. The van der Waals surface area contributed by atoms with Crippen molar-refractivity contribution in [1.82, 2.24) is 19.7 Å². The molecule has 100 valence electrons. The Bertz CT molecular complexity index is 772. The van der Waals surface area contributed by atoms with Gasteiger partial charge in [0.25, 0.3) is 0 Å². The minimum Gasteiger partial charge on any atom is -0.481 e. The molecule has 3 rings (SSSR count). The van der Waals surface area contributed by atoms with Crippen LogP contribution in [-0.2, 0) is 4.79 Å². The van der Waals surface area contributed by atoms with Crippen molar-refractivity contribution in [1.29, 1.82) is 0 Å². The average molecular weight is 286 g/mol. The van der Waals surface area contributed by atoms with Crippen LogP contribution in [0.25, 0.3) is 16.6 Å². The maximum atomic E-state index is 10.6. The van der Waals surface area contributed by atoms with E-state index in [1.54, 1.807) is 17.1 Å². The molecule has 0 aliphatic rings. The number of rotatable bonds is 4. The van der Waals surface area contributed by atoms with Gasteiger partial charge in [0, 0.05) is 5.39 Å². The van der Waals surface area contributed by atoms with Gasteiger partial charge in [0.2, 0.25) is 0 Å². The van der Waals surface area contributed by atoms with Crippen molar-refractivity contribution in [3.8, 4) is 5.69 Å². The normalized spacial score (nSPS) is 10.8. The number of nitrogens with zero attached hydrogens (tertiary/aromatic N) is 4. The molecular formula is C13H10N4O2S. The van der Waals surface area contributed by atoms with Gasteiger partial charge >= 0.3 is 5.97 Å². The van der Waals surface area contributed by atoms with Crippen LogP contribution in [0.3, 0.4) is 0 Å². The maximum absolute atomic E-state index is 10.6. The van der Waals surface area contributed by atoms with E-state index in [0.717, 1.165) is 28.4 Å². The molecule has 2 aromatic heterocycles. The zero-order valence-electron chi connectivity index (χ0n) is 10.3. The first kappa shape index (κ1) is 12.6. The summed E-state index contributed by atoms with van der Waals surface area (Å²) in [7, 11) is 0. The first-order chi connectivity index (χ1) is 9.74. The van der Waals surface area contributed by atoms with E-state index in [9.17, 15) is 4.79 Å². The largest absolute Gasteiger partial charge is 0.481 e. The van der Waals surface area contributed by atoms with Gasteiger partial charge < -0.3 is 5.11 Å². The number of aromatic nitrogens is 4. The number of aliphatic carboxylic acids is 1. The Morgan fingerprint density at radius 2 is 2.20 bits per heavy atom. The van der Waals surface area contributed by atoms with E-state index in [4.69, 9.17) is 5.11 Å². The molecule has 0 spiro atoms. The number of hydrogen-bond donors (Lipinski definition) is 1. The lowest BCUT2D eigenvalue weighted by atomic mass is 10.2. The van der Waals surface area contributed by atoms with E-state index in [1.165, 1.54) is 0 Å². The molecule has 20 heavy (non-hydrogen) atoms. The van der Waals surface area contributed by atoms with Crippen molar-refractivity contribution in [2.75, 3.05) is 5.75 Å². The van der Waals surface area contributed by atoms with Crippen LogP contribution in [0.1, 0.15) is 0 Å². The molecule has 0 saturated carbocycles. The van der Waals surface area contributed by atoms with E-state index in [1.807, 2.05) is 30.3 Å². The highest BCUT2D eigenvalue weighted by molar-refractivity contribution is 7.99. The number of thioether (sulfide) groups is 1. The molecule has 0 aliphatic heterocycles. The lowest BCUT2D eigenvalue weighted by Gasteiger charge is -2.06. The van der Waals surface area contributed by atoms with Gasteiger partial charge in [-0.15, -0.1) is 10.2 Å². The van der Waals surface area contributed by atoms with Crippen LogP contribution in [0.15, 0.2) is 48.0 Å².